The minimum atomic E-state index is -0.718. The van der Waals surface area contributed by atoms with Gasteiger partial charge in [-0.15, -0.1) is 0 Å². The van der Waals surface area contributed by atoms with Crippen LogP contribution in [-0.4, -0.2) is 61.8 Å². The van der Waals surface area contributed by atoms with E-state index in [-0.39, 0.29) is 18.6 Å². The number of nitrogens with one attached hydrogen (secondary N) is 1. The minimum Gasteiger partial charge on any atom is -0.395 e. The highest BCUT2D eigenvalue weighted by molar-refractivity contribution is 5.83. The molecule has 166 valence electrons. The molecule has 3 heterocycles. The van der Waals surface area contributed by atoms with Gasteiger partial charge in [-0.2, -0.15) is 0 Å². The Bertz CT molecular complexity index is 1030. The number of aliphatic hydroxyl groups excluding tert-OH is 2. The predicted molar refractivity (Wildman–Crippen MR) is 121 cm³/mol. The van der Waals surface area contributed by atoms with Crippen molar-refractivity contribution in [3.8, 4) is 11.1 Å². The third-order valence-corrected chi connectivity index (χ3v) is 5.69. The molecule has 1 amide bonds. The van der Waals surface area contributed by atoms with Gasteiger partial charge in [0.1, 0.15) is 5.92 Å². The van der Waals surface area contributed by atoms with Gasteiger partial charge < -0.3 is 20.4 Å². The van der Waals surface area contributed by atoms with Crippen LogP contribution in [0.5, 0.6) is 0 Å². The number of carbonyl (C=O) groups excluding carboxylic acids is 1. The molecule has 8 nitrogen and oxygen atoms in total. The number of pyridine rings is 1. The molecule has 0 bridgehead atoms. The summed E-state index contributed by atoms with van der Waals surface area (Å²) in [5.41, 5.74) is 4.37. The first-order chi connectivity index (χ1) is 15.5. The van der Waals surface area contributed by atoms with Crippen molar-refractivity contribution in [3.63, 3.8) is 0 Å². The Morgan fingerprint density at radius 3 is 2.31 bits per heavy atom. The highest BCUT2D eigenvalue weighted by Crippen LogP contribution is 2.23. The number of likely N-dealkylation sites (tertiary alicyclic amines) is 1. The summed E-state index contributed by atoms with van der Waals surface area (Å²) in [6.07, 6.45) is 5.88. The van der Waals surface area contributed by atoms with Gasteiger partial charge >= 0.3 is 0 Å². The van der Waals surface area contributed by atoms with E-state index in [9.17, 15) is 15.0 Å². The SMILES string of the molecule is Cc1ccc(-c2cnc(Nc3ccc(C(CO)C(=O)N4CCC(O)CC4)nc3)nc2)cc1. The van der Waals surface area contributed by atoms with Crippen LogP contribution < -0.4 is 5.32 Å². The normalized spacial score (nSPS) is 15.4. The summed E-state index contributed by atoms with van der Waals surface area (Å²) < 4.78 is 0. The molecular formula is C24H27N5O3. The van der Waals surface area contributed by atoms with Crippen LogP contribution in [0.3, 0.4) is 0 Å². The molecule has 3 N–H and O–H groups in total. The molecular weight excluding hydrogens is 406 g/mol. The number of hydrogen-bond donors (Lipinski definition) is 3. The molecule has 1 fully saturated rings. The molecule has 1 aliphatic heterocycles. The Hall–Kier alpha value is -3.36. The first-order valence-corrected chi connectivity index (χ1v) is 10.7. The maximum atomic E-state index is 12.8. The molecule has 32 heavy (non-hydrogen) atoms. The Morgan fingerprint density at radius 1 is 1.03 bits per heavy atom. The van der Waals surface area contributed by atoms with Crippen LogP contribution >= 0.6 is 0 Å². The van der Waals surface area contributed by atoms with Gasteiger partial charge in [-0.05, 0) is 37.5 Å². The molecule has 1 atom stereocenters. The summed E-state index contributed by atoms with van der Waals surface area (Å²) in [6, 6.07) is 11.7. The van der Waals surface area contributed by atoms with E-state index in [0.29, 0.717) is 43.3 Å². The zero-order valence-electron chi connectivity index (χ0n) is 18.0. The molecule has 4 rings (SSSR count). The number of carbonyl (C=O) groups is 1. The zero-order chi connectivity index (χ0) is 22.5. The fourth-order valence-electron chi connectivity index (χ4n) is 3.71. The predicted octanol–water partition coefficient (Wildman–Crippen LogP) is 2.65. The Kier molecular flexibility index (Phi) is 6.72. The van der Waals surface area contributed by atoms with Crippen LogP contribution in [0.1, 0.15) is 30.0 Å². The molecule has 1 saturated heterocycles. The monoisotopic (exact) mass is 433 g/mol. The van der Waals surface area contributed by atoms with Crippen molar-refractivity contribution < 1.29 is 15.0 Å². The molecule has 1 aromatic carbocycles. The fourth-order valence-corrected chi connectivity index (χ4v) is 3.71. The van der Waals surface area contributed by atoms with E-state index in [1.807, 2.05) is 31.2 Å². The quantitative estimate of drug-likeness (QED) is 0.548. The zero-order valence-corrected chi connectivity index (χ0v) is 18.0. The van der Waals surface area contributed by atoms with Gasteiger partial charge in [-0.25, -0.2) is 9.97 Å². The van der Waals surface area contributed by atoms with E-state index in [2.05, 4.69) is 20.3 Å². The van der Waals surface area contributed by atoms with Crippen molar-refractivity contribution in [2.45, 2.75) is 31.8 Å². The topological polar surface area (TPSA) is 111 Å². The van der Waals surface area contributed by atoms with Gasteiger partial charge in [0.15, 0.2) is 0 Å². The van der Waals surface area contributed by atoms with Crippen LogP contribution in [0.4, 0.5) is 11.6 Å². The maximum Gasteiger partial charge on any atom is 0.234 e. The van der Waals surface area contributed by atoms with Gasteiger partial charge in [0.05, 0.1) is 30.3 Å². The molecule has 1 aliphatic rings. The van der Waals surface area contributed by atoms with E-state index in [1.165, 1.54) is 5.56 Å². The number of aryl methyl sites for hydroxylation is 1. The van der Waals surface area contributed by atoms with E-state index in [1.54, 1.807) is 35.6 Å². The van der Waals surface area contributed by atoms with Gasteiger partial charge in [0.25, 0.3) is 0 Å². The molecule has 0 saturated carbocycles. The number of aromatic nitrogens is 3. The second-order valence-electron chi connectivity index (χ2n) is 8.05. The van der Waals surface area contributed by atoms with Crippen LogP contribution in [0.25, 0.3) is 11.1 Å². The van der Waals surface area contributed by atoms with Crippen LogP contribution in [0.2, 0.25) is 0 Å². The number of amides is 1. The highest BCUT2D eigenvalue weighted by Gasteiger charge is 2.29. The maximum absolute atomic E-state index is 12.8. The number of aliphatic hydroxyl groups is 2. The van der Waals surface area contributed by atoms with Crippen molar-refractivity contribution in [2.24, 2.45) is 0 Å². The number of benzene rings is 1. The van der Waals surface area contributed by atoms with Crippen molar-refractivity contribution >= 4 is 17.5 Å². The average molecular weight is 434 g/mol. The summed E-state index contributed by atoms with van der Waals surface area (Å²) in [5.74, 6) is -0.441. The number of rotatable bonds is 6. The highest BCUT2D eigenvalue weighted by atomic mass is 16.3. The molecule has 0 aliphatic carbocycles. The van der Waals surface area contributed by atoms with Gasteiger partial charge in [-0.1, -0.05) is 29.8 Å². The summed E-state index contributed by atoms with van der Waals surface area (Å²) in [7, 11) is 0. The van der Waals surface area contributed by atoms with Crippen molar-refractivity contribution in [2.75, 3.05) is 25.0 Å². The standard InChI is InChI=1S/C24H27N5O3/c1-16-2-4-17(5-3-16)18-12-26-24(27-13-18)28-19-6-7-22(25-14-19)21(15-30)23(32)29-10-8-20(31)9-11-29/h2-7,12-14,20-21,30-31H,8-11,15H2,1H3,(H,26,27,28). The molecule has 2 aromatic heterocycles. The minimum absolute atomic E-state index is 0.164. The molecule has 1 unspecified atom stereocenters. The number of hydrogen-bond acceptors (Lipinski definition) is 7. The van der Waals surface area contributed by atoms with Gasteiger partial charge in [0, 0.05) is 31.0 Å². The lowest BCUT2D eigenvalue weighted by molar-refractivity contribution is -0.135. The second-order valence-corrected chi connectivity index (χ2v) is 8.05. The fraction of sp³-hybridized carbons (Fsp3) is 0.333. The van der Waals surface area contributed by atoms with Crippen LogP contribution in [-0.2, 0) is 4.79 Å². The van der Waals surface area contributed by atoms with Crippen molar-refractivity contribution in [1.82, 2.24) is 19.9 Å². The molecule has 0 radical (unpaired) electrons. The van der Waals surface area contributed by atoms with Gasteiger partial charge in [-0.3, -0.25) is 9.78 Å². The first-order valence-electron chi connectivity index (χ1n) is 10.7. The molecule has 3 aromatic rings. The van der Waals surface area contributed by atoms with E-state index >= 15 is 0 Å². The van der Waals surface area contributed by atoms with Gasteiger partial charge in [0.2, 0.25) is 11.9 Å². The van der Waals surface area contributed by atoms with Crippen molar-refractivity contribution in [3.05, 3.63) is 66.2 Å². The van der Waals surface area contributed by atoms with E-state index < -0.39 is 5.92 Å². The third kappa shape index (κ3) is 5.09. The summed E-state index contributed by atoms with van der Waals surface area (Å²) in [5, 5.41) is 22.5. The van der Waals surface area contributed by atoms with Crippen molar-refractivity contribution in [1.29, 1.82) is 0 Å². The summed E-state index contributed by atoms with van der Waals surface area (Å²) in [6.45, 7) is 2.71. The Morgan fingerprint density at radius 2 is 1.72 bits per heavy atom. The second kappa shape index (κ2) is 9.84. The van der Waals surface area contributed by atoms with E-state index in [4.69, 9.17) is 0 Å². The first kappa shape index (κ1) is 21.9. The lowest BCUT2D eigenvalue weighted by atomic mass is 10.0. The Labute approximate surface area is 187 Å². The van der Waals surface area contributed by atoms with Crippen LogP contribution in [0, 0.1) is 6.92 Å². The number of piperidine rings is 1. The largest absolute Gasteiger partial charge is 0.395 e. The molecule has 0 spiro atoms. The Balaban J connectivity index is 1.40. The number of anilines is 2. The van der Waals surface area contributed by atoms with E-state index in [0.717, 1.165) is 11.1 Å². The third-order valence-electron chi connectivity index (χ3n) is 5.69. The molecule has 8 heteroatoms. The average Bonchev–Trinajstić information content (AvgIpc) is 2.82. The summed E-state index contributed by atoms with van der Waals surface area (Å²) in [4.78, 5) is 27.6. The lowest BCUT2D eigenvalue weighted by Crippen LogP contribution is -2.43. The summed E-state index contributed by atoms with van der Waals surface area (Å²) >= 11 is 0. The number of nitrogens with zero attached hydrogens (tertiary/aromatic N) is 4. The van der Waals surface area contributed by atoms with Crippen LogP contribution in [0.15, 0.2) is 55.0 Å². The smallest absolute Gasteiger partial charge is 0.234 e. The lowest BCUT2D eigenvalue weighted by Gasteiger charge is -2.31.